The van der Waals surface area contributed by atoms with Crippen molar-refractivity contribution in [3.8, 4) is 0 Å². The number of unbranched alkanes of at least 4 members (excludes halogenated alkanes) is 1. The molecule has 0 spiro atoms. The van der Waals surface area contributed by atoms with Crippen LogP contribution >= 0.6 is 0 Å². The summed E-state index contributed by atoms with van der Waals surface area (Å²) in [5, 5.41) is 0. The zero-order valence-electron chi connectivity index (χ0n) is 7.75. The molecular weight excluding hydrogens is 158 g/mol. The Labute approximate surface area is 73.9 Å². The van der Waals surface area contributed by atoms with Crippen LogP contribution in [0.1, 0.15) is 19.8 Å². The summed E-state index contributed by atoms with van der Waals surface area (Å²) in [4.78, 5) is 9.66. The number of ether oxygens (including phenoxy) is 1. The summed E-state index contributed by atoms with van der Waals surface area (Å²) in [5.41, 5.74) is 5.21. The van der Waals surface area contributed by atoms with Crippen molar-refractivity contribution in [2.24, 2.45) is 5.73 Å². The molecule has 0 aliphatic rings. The van der Waals surface area contributed by atoms with Crippen molar-refractivity contribution < 1.29 is 14.5 Å². The molecule has 0 aliphatic heterocycles. The first-order valence-corrected chi connectivity index (χ1v) is 4.44. The quantitative estimate of drug-likeness (QED) is 0.320. The summed E-state index contributed by atoms with van der Waals surface area (Å²) in [7, 11) is 0. The van der Waals surface area contributed by atoms with E-state index >= 15 is 0 Å². The van der Waals surface area contributed by atoms with E-state index in [2.05, 4.69) is 6.92 Å². The van der Waals surface area contributed by atoms with Gasteiger partial charge in [-0.15, -0.1) is 0 Å². The average molecular weight is 177 g/mol. The first kappa shape index (κ1) is 11.8. The van der Waals surface area contributed by atoms with Gasteiger partial charge in [-0.2, -0.15) is 0 Å². The van der Waals surface area contributed by atoms with Crippen molar-refractivity contribution in [2.75, 3.05) is 33.0 Å². The van der Waals surface area contributed by atoms with Gasteiger partial charge in [0.25, 0.3) is 0 Å². The van der Waals surface area contributed by atoms with Gasteiger partial charge >= 0.3 is 0 Å². The van der Waals surface area contributed by atoms with Crippen LogP contribution in [0, 0.1) is 0 Å². The highest BCUT2D eigenvalue weighted by Gasteiger charge is 1.89. The Kier molecular flexibility index (Phi) is 10.7. The fourth-order valence-electron chi connectivity index (χ4n) is 0.599. The van der Waals surface area contributed by atoms with Crippen molar-refractivity contribution in [3.63, 3.8) is 0 Å². The summed E-state index contributed by atoms with van der Waals surface area (Å²) in [6, 6.07) is 0. The van der Waals surface area contributed by atoms with Crippen LogP contribution in [0.3, 0.4) is 0 Å². The molecule has 0 unspecified atom stereocenters. The maximum atomic E-state index is 5.21. The van der Waals surface area contributed by atoms with Crippen LogP contribution in [0.25, 0.3) is 0 Å². The third-order valence-corrected chi connectivity index (χ3v) is 1.24. The molecule has 0 aromatic heterocycles. The highest BCUT2D eigenvalue weighted by molar-refractivity contribution is 4.30. The van der Waals surface area contributed by atoms with E-state index in [0.29, 0.717) is 33.0 Å². The molecule has 2 N–H and O–H groups in total. The van der Waals surface area contributed by atoms with Crippen LogP contribution in [0.4, 0.5) is 0 Å². The van der Waals surface area contributed by atoms with Gasteiger partial charge in [-0.1, -0.05) is 13.3 Å². The van der Waals surface area contributed by atoms with E-state index in [1.807, 2.05) is 0 Å². The molecule has 0 aromatic carbocycles. The molecule has 0 fully saturated rings. The molecule has 4 nitrogen and oxygen atoms in total. The van der Waals surface area contributed by atoms with Gasteiger partial charge in [0.2, 0.25) is 0 Å². The predicted octanol–water partition coefficient (Wildman–Crippen LogP) is 0.710. The van der Waals surface area contributed by atoms with Gasteiger partial charge in [0.1, 0.15) is 6.61 Å². The standard InChI is InChI=1S/C8H19NO3/c1-2-3-5-11-12-8-7-10-6-4-9/h2-9H2,1H3. The van der Waals surface area contributed by atoms with Gasteiger partial charge in [0.15, 0.2) is 0 Å². The largest absolute Gasteiger partial charge is 0.378 e. The number of hydrogen-bond donors (Lipinski definition) is 1. The molecule has 0 radical (unpaired) electrons. The number of rotatable bonds is 9. The topological polar surface area (TPSA) is 53.7 Å². The molecule has 0 rings (SSSR count). The maximum Gasteiger partial charge on any atom is 0.106 e. The fourth-order valence-corrected chi connectivity index (χ4v) is 0.599. The molecule has 0 saturated heterocycles. The molecule has 0 aromatic rings. The SMILES string of the molecule is CCCCOOCCOCCN. The highest BCUT2D eigenvalue weighted by Crippen LogP contribution is 1.88. The Morgan fingerprint density at radius 3 is 2.42 bits per heavy atom. The Morgan fingerprint density at radius 1 is 1.00 bits per heavy atom. The molecular formula is C8H19NO3. The van der Waals surface area contributed by atoms with Gasteiger partial charge in [-0.3, -0.25) is 0 Å². The number of nitrogens with two attached hydrogens (primary N) is 1. The highest BCUT2D eigenvalue weighted by atomic mass is 17.2. The van der Waals surface area contributed by atoms with Gasteiger partial charge < -0.3 is 10.5 Å². The second kappa shape index (κ2) is 10.8. The van der Waals surface area contributed by atoms with Gasteiger partial charge in [-0.25, -0.2) is 9.78 Å². The average Bonchev–Trinajstić information content (AvgIpc) is 2.10. The summed E-state index contributed by atoms with van der Waals surface area (Å²) in [6.45, 7) is 4.92. The second-order valence-corrected chi connectivity index (χ2v) is 2.40. The van der Waals surface area contributed by atoms with Gasteiger partial charge in [-0.05, 0) is 6.42 Å². The van der Waals surface area contributed by atoms with Crippen molar-refractivity contribution in [1.29, 1.82) is 0 Å². The zero-order chi connectivity index (χ0) is 9.07. The Bertz CT molecular complexity index is 70.7. The van der Waals surface area contributed by atoms with Crippen LogP contribution in [0.15, 0.2) is 0 Å². The van der Waals surface area contributed by atoms with Crippen molar-refractivity contribution in [3.05, 3.63) is 0 Å². The molecule has 12 heavy (non-hydrogen) atoms. The van der Waals surface area contributed by atoms with E-state index in [4.69, 9.17) is 20.2 Å². The molecule has 0 amide bonds. The lowest BCUT2D eigenvalue weighted by molar-refractivity contribution is -0.299. The Balaban J connectivity index is 2.73. The van der Waals surface area contributed by atoms with Crippen molar-refractivity contribution in [1.82, 2.24) is 0 Å². The minimum Gasteiger partial charge on any atom is -0.378 e. The Hall–Kier alpha value is -0.160. The van der Waals surface area contributed by atoms with E-state index < -0.39 is 0 Å². The van der Waals surface area contributed by atoms with Gasteiger partial charge in [0, 0.05) is 6.54 Å². The minimum absolute atomic E-state index is 0.476. The lowest BCUT2D eigenvalue weighted by Crippen LogP contribution is -2.12. The van der Waals surface area contributed by atoms with Crippen LogP contribution in [0.2, 0.25) is 0 Å². The molecule has 0 aliphatic carbocycles. The smallest absolute Gasteiger partial charge is 0.106 e. The van der Waals surface area contributed by atoms with Crippen molar-refractivity contribution >= 4 is 0 Å². The summed E-state index contributed by atoms with van der Waals surface area (Å²) in [5.74, 6) is 0. The second-order valence-electron chi connectivity index (χ2n) is 2.40. The zero-order valence-corrected chi connectivity index (χ0v) is 7.75. The van der Waals surface area contributed by atoms with E-state index in [0.717, 1.165) is 12.8 Å². The van der Waals surface area contributed by atoms with E-state index in [-0.39, 0.29) is 0 Å². The molecule has 0 bridgehead atoms. The molecule has 4 heteroatoms. The van der Waals surface area contributed by atoms with Gasteiger partial charge in [0.05, 0.1) is 19.8 Å². The van der Waals surface area contributed by atoms with Crippen LogP contribution in [0.5, 0.6) is 0 Å². The van der Waals surface area contributed by atoms with E-state index in [1.165, 1.54) is 0 Å². The number of hydrogen-bond acceptors (Lipinski definition) is 4. The third kappa shape index (κ3) is 9.84. The maximum absolute atomic E-state index is 5.21. The third-order valence-electron chi connectivity index (χ3n) is 1.24. The lowest BCUT2D eigenvalue weighted by atomic mass is 10.4. The predicted molar refractivity (Wildman–Crippen MR) is 46.7 cm³/mol. The summed E-state index contributed by atoms with van der Waals surface area (Å²) >= 11 is 0. The van der Waals surface area contributed by atoms with E-state index in [1.54, 1.807) is 0 Å². The normalized spacial score (nSPS) is 10.5. The van der Waals surface area contributed by atoms with Crippen molar-refractivity contribution in [2.45, 2.75) is 19.8 Å². The van der Waals surface area contributed by atoms with Crippen LogP contribution < -0.4 is 5.73 Å². The molecule has 74 valence electrons. The monoisotopic (exact) mass is 177 g/mol. The molecule has 0 heterocycles. The van der Waals surface area contributed by atoms with Crippen LogP contribution in [-0.2, 0) is 14.5 Å². The lowest BCUT2D eigenvalue weighted by Gasteiger charge is -2.03. The van der Waals surface area contributed by atoms with Crippen LogP contribution in [-0.4, -0.2) is 33.0 Å². The first-order valence-electron chi connectivity index (χ1n) is 4.44. The Morgan fingerprint density at radius 2 is 1.75 bits per heavy atom. The summed E-state index contributed by atoms with van der Waals surface area (Å²) in [6.07, 6.45) is 2.15. The molecule has 0 atom stereocenters. The molecule has 0 saturated carbocycles. The minimum atomic E-state index is 0.476. The first-order chi connectivity index (χ1) is 5.91. The fraction of sp³-hybridized carbons (Fsp3) is 1.00. The summed E-state index contributed by atoms with van der Waals surface area (Å²) < 4.78 is 5.06. The van der Waals surface area contributed by atoms with E-state index in [9.17, 15) is 0 Å².